The number of aliphatic imine (C=N–C) groups is 1. The number of pyridine rings is 1. The highest BCUT2D eigenvalue weighted by atomic mass is 19.4. The van der Waals surface area contributed by atoms with Crippen LogP contribution in [0.5, 0.6) is 0 Å². The molecule has 0 aliphatic carbocycles. The minimum Gasteiger partial charge on any atom is -0.515 e. The lowest BCUT2D eigenvalue weighted by Crippen LogP contribution is -2.44. The molecule has 0 saturated heterocycles. The summed E-state index contributed by atoms with van der Waals surface area (Å²) in [6.07, 6.45) is -1.48. The second kappa shape index (κ2) is 8.01. The molecule has 2 aromatic carbocycles. The zero-order valence-electron chi connectivity index (χ0n) is 15.9. The standard InChI is InChI=1S/C20H16BF3N4O3/c22-20(23,24)19-28-17-4-2-12(8-16(17)21(30)31-19)15(9-25)18(29)27-14-3-1-13-10-26-6-5-11(13)7-14/h1-8,10,15,30H,9,25H2,(H,27,29). The summed E-state index contributed by atoms with van der Waals surface area (Å²) in [5.41, 5.74) is 6.71. The summed E-state index contributed by atoms with van der Waals surface area (Å²) in [6.45, 7) is -0.0594. The number of hydrogen-bond acceptors (Lipinski definition) is 6. The largest absolute Gasteiger partial charge is 0.563 e. The van der Waals surface area contributed by atoms with Gasteiger partial charge in [-0.05, 0) is 35.2 Å². The van der Waals surface area contributed by atoms with E-state index in [0.717, 1.165) is 10.8 Å². The van der Waals surface area contributed by atoms with Gasteiger partial charge in [0.25, 0.3) is 5.90 Å². The van der Waals surface area contributed by atoms with Crippen LogP contribution < -0.4 is 16.5 Å². The number of nitrogens with zero attached hydrogens (tertiary/aromatic N) is 2. The van der Waals surface area contributed by atoms with Gasteiger partial charge in [0, 0.05) is 35.5 Å². The number of hydrogen-bond donors (Lipinski definition) is 3. The molecule has 2 heterocycles. The number of carbonyl (C=O) groups excluding carboxylic acids is 1. The molecule has 11 heteroatoms. The molecule has 31 heavy (non-hydrogen) atoms. The quantitative estimate of drug-likeness (QED) is 0.553. The molecule has 4 rings (SSSR count). The number of rotatable bonds is 4. The first kappa shape index (κ1) is 20.8. The zero-order chi connectivity index (χ0) is 22.2. The zero-order valence-corrected chi connectivity index (χ0v) is 15.9. The molecular formula is C20H16BF3N4O3. The number of halogens is 3. The van der Waals surface area contributed by atoms with Gasteiger partial charge in [0.15, 0.2) is 0 Å². The minimum atomic E-state index is -4.83. The molecule has 0 radical (unpaired) electrons. The molecule has 1 aromatic heterocycles. The Morgan fingerprint density at radius 1 is 1.19 bits per heavy atom. The highest BCUT2D eigenvalue weighted by Gasteiger charge is 2.44. The van der Waals surface area contributed by atoms with Gasteiger partial charge in [-0.25, -0.2) is 4.99 Å². The van der Waals surface area contributed by atoms with Gasteiger partial charge < -0.3 is 20.7 Å². The van der Waals surface area contributed by atoms with Crippen molar-refractivity contribution in [1.29, 1.82) is 0 Å². The Morgan fingerprint density at radius 3 is 2.74 bits per heavy atom. The van der Waals surface area contributed by atoms with Gasteiger partial charge in [0.1, 0.15) is 0 Å². The highest BCUT2D eigenvalue weighted by Crippen LogP contribution is 2.28. The number of amides is 1. The molecule has 0 spiro atoms. The Kier molecular flexibility index (Phi) is 5.38. The number of fused-ring (bicyclic) bond motifs is 2. The maximum Gasteiger partial charge on any atom is 0.563 e. The Bertz CT molecular complexity index is 1190. The summed E-state index contributed by atoms with van der Waals surface area (Å²) in [7, 11) is -1.86. The monoisotopic (exact) mass is 428 g/mol. The Hall–Kier alpha value is -3.44. The van der Waals surface area contributed by atoms with Crippen molar-refractivity contribution in [2.24, 2.45) is 10.7 Å². The lowest BCUT2D eigenvalue weighted by molar-refractivity contribution is -0.117. The molecule has 7 nitrogen and oxygen atoms in total. The highest BCUT2D eigenvalue weighted by molar-refractivity contribution is 6.64. The number of carbonyl (C=O) groups is 1. The Morgan fingerprint density at radius 2 is 2.00 bits per heavy atom. The van der Waals surface area contributed by atoms with Gasteiger partial charge in [-0.1, -0.05) is 18.2 Å². The molecule has 0 bridgehead atoms. The van der Waals surface area contributed by atoms with Crippen LogP contribution in [0.3, 0.4) is 0 Å². The number of aromatic nitrogens is 1. The van der Waals surface area contributed by atoms with Gasteiger partial charge >= 0.3 is 13.3 Å². The van der Waals surface area contributed by atoms with Crippen LogP contribution in [0.2, 0.25) is 0 Å². The molecule has 3 aromatic rings. The predicted octanol–water partition coefficient (Wildman–Crippen LogP) is 2.23. The lowest BCUT2D eigenvalue weighted by atomic mass is 9.75. The normalized spacial score (nSPS) is 14.5. The average Bonchev–Trinajstić information content (AvgIpc) is 2.73. The third-order valence-electron chi connectivity index (χ3n) is 4.87. The van der Waals surface area contributed by atoms with Crippen molar-refractivity contribution >= 4 is 46.5 Å². The van der Waals surface area contributed by atoms with Crippen LogP contribution in [-0.2, 0) is 9.45 Å². The second-order valence-corrected chi connectivity index (χ2v) is 6.92. The van der Waals surface area contributed by atoms with Crippen LogP contribution in [0.25, 0.3) is 10.8 Å². The first-order valence-corrected chi connectivity index (χ1v) is 9.25. The van der Waals surface area contributed by atoms with E-state index in [1.807, 2.05) is 12.1 Å². The van der Waals surface area contributed by atoms with Crippen LogP contribution in [-0.4, -0.2) is 41.7 Å². The van der Waals surface area contributed by atoms with E-state index in [4.69, 9.17) is 5.73 Å². The molecule has 1 unspecified atom stereocenters. The van der Waals surface area contributed by atoms with E-state index >= 15 is 0 Å². The third-order valence-corrected chi connectivity index (χ3v) is 4.87. The second-order valence-electron chi connectivity index (χ2n) is 6.92. The molecule has 1 amide bonds. The minimum absolute atomic E-state index is 0.0231. The molecule has 0 fully saturated rings. The van der Waals surface area contributed by atoms with Gasteiger partial charge in [-0.2, -0.15) is 13.2 Å². The fourth-order valence-electron chi connectivity index (χ4n) is 3.31. The van der Waals surface area contributed by atoms with E-state index in [0.29, 0.717) is 11.3 Å². The number of benzene rings is 2. The van der Waals surface area contributed by atoms with Crippen LogP contribution >= 0.6 is 0 Å². The van der Waals surface area contributed by atoms with E-state index in [1.165, 1.54) is 18.2 Å². The van der Waals surface area contributed by atoms with E-state index in [1.54, 1.807) is 24.5 Å². The van der Waals surface area contributed by atoms with Gasteiger partial charge in [-0.15, -0.1) is 0 Å². The predicted molar refractivity (Wildman–Crippen MR) is 110 cm³/mol. The van der Waals surface area contributed by atoms with E-state index in [2.05, 4.69) is 19.9 Å². The van der Waals surface area contributed by atoms with Crippen LogP contribution in [0.4, 0.5) is 24.5 Å². The lowest BCUT2D eigenvalue weighted by Gasteiger charge is -2.22. The van der Waals surface area contributed by atoms with Crippen LogP contribution in [0.15, 0.2) is 59.9 Å². The maximum atomic E-state index is 12.8. The van der Waals surface area contributed by atoms with Crippen LogP contribution in [0, 0.1) is 0 Å². The van der Waals surface area contributed by atoms with Gasteiger partial charge in [0.05, 0.1) is 11.6 Å². The molecule has 4 N–H and O–H groups in total. The maximum absolute atomic E-state index is 12.8. The van der Waals surface area contributed by atoms with Crippen molar-refractivity contribution < 1.29 is 27.6 Å². The SMILES string of the molecule is NCC(C(=O)Nc1ccc2cnccc2c1)c1ccc2c(c1)B(O)OC(C(F)(F)F)=N2. The summed E-state index contributed by atoms with van der Waals surface area (Å²) in [5.74, 6) is -2.74. The summed E-state index contributed by atoms with van der Waals surface area (Å²) < 4.78 is 43.0. The Balaban J connectivity index is 1.59. The van der Waals surface area contributed by atoms with Crippen molar-refractivity contribution in [1.82, 2.24) is 4.98 Å². The van der Waals surface area contributed by atoms with Crippen molar-refractivity contribution in [2.45, 2.75) is 12.1 Å². The first-order valence-electron chi connectivity index (χ1n) is 9.25. The topological polar surface area (TPSA) is 110 Å². The van der Waals surface area contributed by atoms with E-state index in [-0.39, 0.29) is 17.7 Å². The van der Waals surface area contributed by atoms with Gasteiger partial charge in [-0.3, -0.25) is 9.78 Å². The molecule has 1 atom stereocenters. The van der Waals surface area contributed by atoms with Crippen molar-refractivity contribution in [3.63, 3.8) is 0 Å². The third kappa shape index (κ3) is 4.23. The molecule has 158 valence electrons. The van der Waals surface area contributed by atoms with Crippen LogP contribution in [0.1, 0.15) is 11.5 Å². The van der Waals surface area contributed by atoms with Gasteiger partial charge in [0.2, 0.25) is 5.91 Å². The van der Waals surface area contributed by atoms with E-state index in [9.17, 15) is 23.0 Å². The summed E-state index contributed by atoms with van der Waals surface area (Å²) >= 11 is 0. The summed E-state index contributed by atoms with van der Waals surface area (Å²) in [5, 5.41) is 14.6. The summed E-state index contributed by atoms with van der Waals surface area (Å²) in [4.78, 5) is 20.3. The van der Waals surface area contributed by atoms with E-state index < -0.39 is 31.0 Å². The summed E-state index contributed by atoms with van der Waals surface area (Å²) in [6, 6.07) is 11.3. The van der Waals surface area contributed by atoms with Crippen molar-refractivity contribution in [3.05, 3.63) is 60.4 Å². The molecule has 0 saturated carbocycles. The molecule has 1 aliphatic heterocycles. The fraction of sp³-hybridized carbons (Fsp3) is 0.150. The smallest absolute Gasteiger partial charge is 0.515 e. The van der Waals surface area contributed by atoms with Crippen molar-refractivity contribution in [2.75, 3.05) is 11.9 Å². The first-order chi connectivity index (χ1) is 14.8. The number of alkyl halides is 3. The average molecular weight is 428 g/mol. The molecule has 1 aliphatic rings. The number of anilines is 1. The molecular weight excluding hydrogens is 412 g/mol. The number of nitrogens with two attached hydrogens (primary N) is 1. The van der Waals surface area contributed by atoms with Crippen molar-refractivity contribution in [3.8, 4) is 0 Å². The number of nitrogens with one attached hydrogen (secondary N) is 1. The fourth-order valence-corrected chi connectivity index (χ4v) is 3.31. The Labute approximate surface area is 174 Å².